The quantitative estimate of drug-likeness (QED) is 0.553. The number of imidazole rings is 1. The van der Waals surface area contributed by atoms with E-state index in [9.17, 15) is 10.2 Å². The minimum absolute atomic E-state index is 0.100. The van der Waals surface area contributed by atoms with Crippen molar-refractivity contribution in [2.75, 3.05) is 31.0 Å². The van der Waals surface area contributed by atoms with Crippen molar-refractivity contribution < 1.29 is 14.9 Å². The van der Waals surface area contributed by atoms with Gasteiger partial charge in [0.05, 0.1) is 6.10 Å². The van der Waals surface area contributed by atoms with E-state index in [1.54, 1.807) is 6.92 Å². The number of nitrogen functional groups attached to an aromatic ring is 2. The van der Waals surface area contributed by atoms with Crippen LogP contribution in [0, 0.1) is 6.92 Å². The zero-order valence-corrected chi connectivity index (χ0v) is 15.5. The molecule has 2 aromatic heterocycles. The van der Waals surface area contributed by atoms with Gasteiger partial charge < -0.3 is 26.4 Å². The average Bonchev–Trinajstić information content (AvgIpc) is 2.95. The molecule has 0 aliphatic carbocycles. The van der Waals surface area contributed by atoms with Crippen molar-refractivity contribution in [1.29, 1.82) is 0 Å². The first-order valence-corrected chi connectivity index (χ1v) is 11.1. The topological polar surface area (TPSA) is 145 Å². The first-order chi connectivity index (χ1) is 11.6. The Morgan fingerprint density at radius 2 is 1.88 bits per heavy atom. The number of aliphatic hydroxyl groups is 2. The Kier molecular flexibility index (Phi) is 4.53. The van der Waals surface area contributed by atoms with Crippen LogP contribution in [0.1, 0.15) is 18.5 Å². The maximum atomic E-state index is 10.5. The molecule has 0 spiro atoms. The molecule has 1 fully saturated rings. The summed E-state index contributed by atoms with van der Waals surface area (Å²) < 4.78 is 7.40. The predicted molar refractivity (Wildman–Crippen MR) is 100 cm³/mol. The number of hydrogen-bond donors (Lipinski definition) is 4. The van der Waals surface area contributed by atoms with Gasteiger partial charge in [-0.15, -0.1) is 13.2 Å². The molecule has 1 aliphatic heterocycles. The van der Waals surface area contributed by atoms with E-state index in [4.69, 9.17) is 16.2 Å². The lowest BCUT2D eigenvalue weighted by atomic mass is 10.1. The Morgan fingerprint density at radius 1 is 1.20 bits per heavy atom. The van der Waals surface area contributed by atoms with Crippen LogP contribution >= 0.6 is 6.89 Å². The largest absolute Gasteiger partial charge is 0.388 e. The van der Waals surface area contributed by atoms with Crippen LogP contribution in [-0.2, 0) is 4.74 Å². The zero-order chi connectivity index (χ0) is 18.5. The second-order valence-corrected chi connectivity index (χ2v) is 11.5. The van der Waals surface area contributed by atoms with Crippen LogP contribution in [0.4, 0.5) is 11.8 Å². The number of aliphatic hydroxyl groups excluding tert-OH is 2. The number of aryl methyl sites for hydroxylation is 1. The van der Waals surface area contributed by atoms with Crippen LogP contribution in [0.5, 0.6) is 0 Å². The molecular formula is C15H25N6O3P. The van der Waals surface area contributed by atoms with Gasteiger partial charge in [-0.05, 0) is 32.8 Å². The molecule has 0 saturated carbocycles. The number of hydrogen-bond acceptors (Lipinski definition) is 8. The van der Waals surface area contributed by atoms with E-state index in [-0.39, 0.29) is 11.8 Å². The maximum absolute atomic E-state index is 10.5. The van der Waals surface area contributed by atoms with Crippen molar-refractivity contribution in [3.8, 4) is 0 Å². The van der Waals surface area contributed by atoms with Gasteiger partial charge in [-0.25, -0.2) is 15.0 Å². The fraction of sp³-hybridized carbons (Fsp3) is 0.600. The zero-order valence-electron chi connectivity index (χ0n) is 14.6. The van der Waals surface area contributed by atoms with Gasteiger partial charge >= 0.3 is 0 Å². The summed E-state index contributed by atoms with van der Waals surface area (Å²) in [6.45, 7) is 4.68. The van der Waals surface area contributed by atoms with Crippen LogP contribution in [0.2, 0.25) is 0 Å². The molecule has 138 valence electrons. The van der Waals surface area contributed by atoms with Crippen LogP contribution in [0.15, 0.2) is 0 Å². The number of aromatic nitrogens is 4. The summed E-state index contributed by atoms with van der Waals surface area (Å²) in [4.78, 5) is 12.6. The van der Waals surface area contributed by atoms with E-state index in [0.717, 1.165) is 6.16 Å². The lowest BCUT2D eigenvalue weighted by Gasteiger charge is -2.19. The monoisotopic (exact) mass is 368 g/mol. The number of rotatable bonds is 4. The van der Waals surface area contributed by atoms with Gasteiger partial charge in [0.1, 0.15) is 18.0 Å². The first-order valence-electron chi connectivity index (χ1n) is 8.05. The summed E-state index contributed by atoms with van der Waals surface area (Å²) in [7, 11) is 0. The summed E-state index contributed by atoms with van der Waals surface area (Å²) in [6, 6.07) is 0. The molecule has 6 N–H and O–H groups in total. The highest BCUT2D eigenvalue weighted by Crippen LogP contribution is 2.40. The van der Waals surface area contributed by atoms with Crippen molar-refractivity contribution in [3.05, 3.63) is 5.82 Å². The molecule has 1 saturated heterocycles. The lowest BCUT2D eigenvalue weighted by Crippen LogP contribution is -2.32. The third kappa shape index (κ3) is 3.37. The highest BCUT2D eigenvalue weighted by atomic mass is 31.2. The number of nitrogens with zero attached hydrogens (tertiary/aromatic N) is 4. The minimum Gasteiger partial charge on any atom is -0.388 e. The van der Waals surface area contributed by atoms with Gasteiger partial charge in [-0.3, -0.25) is 4.57 Å². The molecule has 10 heteroatoms. The van der Waals surface area contributed by atoms with E-state index in [1.807, 2.05) is 0 Å². The fourth-order valence-corrected chi connectivity index (χ4v) is 3.99. The van der Waals surface area contributed by atoms with Crippen molar-refractivity contribution in [3.63, 3.8) is 0 Å². The van der Waals surface area contributed by atoms with E-state index in [1.165, 1.54) is 4.57 Å². The van der Waals surface area contributed by atoms with E-state index >= 15 is 0 Å². The molecule has 9 nitrogen and oxygen atoms in total. The maximum Gasteiger partial charge on any atom is 0.204 e. The second kappa shape index (κ2) is 6.25. The standard InChI is InChI=1S/C15H25N6O3P/c1-7-18-12(16)9-13(19-7)21(15(17)20-9)14-11(23)10(22)8(24-14)5-6-25(2,3)4/h8,10-11,14,22-23H,2,5-6H2,1,3-4H3,(H2,17,20)(H2,16,18,19)/t8-,10-,11-,14-/m1/s1. The fourth-order valence-electron chi connectivity index (χ4n) is 3.03. The second-order valence-electron chi connectivity index (χ2n) is 7.16. The van der Waals surface area contributed by atoms with Gasteiger partial charge in [0.25, 0.3) is 0 Å². The summed E-state index contributed by atoms with van der Waals surface area (Å²) in [5.41, 5.74) is 12.6. The van der Waals surface area contributed by atoms with Crippen LogP contribution in [0.25, 0.3) is 11.2 Å². The van der Waals surface area contributed by atoms with Crippen molar-refractivity contribution >= 4 is 36.1 Å². The Balaban J connectivity index is 1.95. The third-order valence-corrected chi connectivity index (χ3v) is 5.79. The van der Waals surface area contributed by atoms with Gasteiger partial charge in [0.2, 0.25) is 5.95 Å². The van der Waals surface area contributed by atoms with Gasteiger partial charge in [-0.1, -0.05) is 0 Å². The van der Waals surface area contributed by atoms with E-state index < -0.39 is 31.4 Å². The van der Waals surface area contributed by atoms with Crippen LogP contribution < -0.4 is 11.5 Å². The molecule has 0 amide bonds. The molecule has 0 unspecified atom stereocenters. The highest BCUT2D eigenvalue weighted by molar-refractivity contribution is 7.72. The van der Waals surface area contributed by atoms with Crippen LogP contribution in [-0.4, -0.2) is 73.8 Å². The minimum atomic E-state index is -1.26. The van der Waals surface area contributed by atoms with Crippen LogP contribution in [0.3, 0.4) is 0 Å². The normalized spacial score (nSPS) is 27.2. The summed E-state index contributed by atoms with van der Waals surface area (Å²) >= 11 is 0. The van der Waals surface area contributed by atoms with E-state index in [0.29, 0.717) is 23.4 Å². The molecular weight excluding hydrogens is 343 g/mol. The summed E-state index contributed by atoms with van der Waals surface area (Å²) in [6.07, 6.45) is 2.08. The highest BCUT2D eigenvalue weighted by Gasteiger charge is 2.45. The molecule has 0 aromatic carbocycles. The Hall–Kier alpha value is -1.67. The van der Waals surface area contributed by atoms with E-state index in [2.05, 4.69) is 34.6 Å². The Morgan fingerprint density at radius 3 is 2.52 bits per heavy atom. The molecule has 0 bridgehead atoms. The van der Waals surface area contributed by atoms with Crippen molar-refractivity contribution in [1.82, 2.24) is 19.5 Å². The van der Waals surface area contributed by atoms with Crippen molar-refractivity contribution in [2.45, 2.75) is 37.9 Å². The van der Waals surface area contributed by atoms with Gasteiger partial charge in [0.15, 0.2) is 23.2 Å². The number of ether oxygens (including phenoxy) is 1. The summed E-state index contributed by atoms with van der Waals surface area (Å²) in [5.74, 6) is 0.768. The number of anilines is 2. The molecule has 2 aromatic rings. The van der Waals surface area contributed by atoms with Crippen molar-refractivity contribution in [2.24, 2.45) is 0 Å². The third-order valence-electron chi connectivity index (χ3n) is 4.32. The number of nitrogens with two attached hydrogens (primary N) is 2. The van der Waals surface area contributed by atoms with Gasteiger partial charge in [0, 0.05) is 0 Å². The number of fused-ring (bicyclic) bond motifs is 1. The molecule has 3 heterocycles. The van der Waals surface area contributed by atoms with Gasteiger partial charge in [-0.2, -0.15) is 0 Å². The molecule has 1 aliphatic rings. The predicted octanol–water partition coefficient (Wildman–Crippen LogP) is 0.0176. The molecule has 25 heavy (non-hydrogen) atoms. The first kappa shape index (κ1) is 18.1. The lowest BCUT2D eigenvalue weighted by molar-refractivity contribution is -0.0340. The molecule has 4 atom stereocenters. The average molecular weight is 368 g/mol. The molecule has 3 rings (SSSR count). The smallest absolute Gasteiger partial charge is 0.204 e. The summed E-state index contributed by atoms with van der Waals surface area (Å²) in [5, 5.41) is 20.9. The Bertz CT molecular complexity index is 847. The Labute approximate surface area is 146 Å². The molecule has 0 radical (unpaired) electrons. The SMILES string of the molecule is C=P(C)(C)CC[C@H]1O[C@@H](n2c(N)nc3c(N)nc(C)nc32)[C@H](O)[C@@H]1O.